The molecule has 1 aromatic carbocycles. The standard InChI is InChI=1S/C15H21N2/c1-5-16-12(3)13(4)17(6-2)15(16)14-10-8-7-9-11-14/h7-11H,5-6H2,1-4H3/q+1. The van der Waals surface area contributed by atoms with E-state index in [0.717, 1.165) is 13.1 Å². The molecule has 0 aliphatic carbocycles. The lowest BCUT2D eigenvalue weighted by atomic mass is 10.2. The van der Waals surface area contributed by atoms with Gasteiger partial charge in [-0.2, -0.15) is 0 Å². The highest BCUT2D eigenvalue weighted by Gasteiger charge is 2.24. The van der Waals surface area contributed by atoms with Gasteiger partial charge >= 0.3 is 0 Å². The molecule has 90 valence electrons. The van der Waals surface area contributed by atoms with Crippen molar-refractivity contribution in [2.24, 2.45) is 0 Å². The van der Waals surface area contributed by atoms with Crippen LogP contribution in [-0.2, 0) is 13.1 Å². The van der Waals surface area contributed by atoms with E-state index in [1.54, 1.807) is 0 Å². The van der Waals surface area contributed by atoms with Gasteiger partial charge in [-0.05, 0) is 26.0 Å². The van der Waals surface area contributed by atoms with Crippen LogP contribution in [0, 0.1) is 13.8 Å². The minimum Gasteiger partial charge on any atom is -0.227 e. The molecule has 0 atom stereocenters. The summed E-state index contributed by atoms with van der Waals surface area (Å²) in [5.74, 6) is 1.32. The predicted molar refractivity (Wildman–Crippen MR) is 70.9 cm³/mol. The Kier molecular flexibility index (Phi) is 3.32. The highest BCUT2D eigenvalue weighted by Crippen LogP contribution is 2.20. The van der Waals surface area contributed by atoms with Crippen LogP contribution in [0.4, 0.5) is 0 Å². The Morgan fingerprint density at radius 1 is 1.06 bits per heavy atom. The minimum atomic E-state index is 1.02. The van der Waals surface area contributed by atoms with Crippen molar-refractivity contribution in [3.8, 4) is 11.4 Å². The largest absolute Gasteiger partial charge is 0.289 e. The molecule has 0 bridgehead atoms. The van der Waals surface area contributed by atoms with Gasteiger partial charge in [0, 0.05) is 13.8 Å². The molecule has 0 amide bonds. The van der Waals surface area contributed by atoms with Crippen LogP contribution in [-0.4, -0.2) is 4.57 Å². The summed E-state index contributed by atoms with van der Waals surface area (Å²) in [6, 6.07) is 10.7. The fourth-order valence-electron chi connectivity index (χ4n) is 2.53. The fourth-order valence-corrected chi connectivity index (χ4v) is 2.53. The number of nitrogens with zero attached hydrogens (tertiary/aromatic N) is 2. The molecule has 1 heterocycles. The first-order chi connectivity index (χ1) is 8.20. The summed E-state index contributed by atoms with van der Waals surface area (Å²) in [7, 11) is 0. The minimum absolute atomic E-state index is 1.02. The van der Waals surface area contributed by atoms with Gasteiger partial charge in [0.05, 0.1) is 18.7 Å². The predicted octanol–water partition coefficient (Wildman–Crippen LogP) is 3.10. The lowest BCUT2D eigenvalue weighted by molar-refractivity contribution is -0.688. The van der Waals surface area contributed by atoms with Crippen LogP contribution in [0.3, 0.4) is 0 Å². The van der Waals surface area contributed by atoms with E-state index in [2.05, 4.69) is 67.2 Å². The maximum atomic E-state index is 2.40. The number of aromatic nitrogens is 2. The van der Waals surface area contributed by atoms with Crippen molar-refractivity contribution in [1.29, 1.82) is 0 Å². The Hall–Kier alpha value is -1.57. The zero-order valence-corrected chi connectivity index (χ0v) is 11.2. The molecular weight excluding hydrogens is 208 g/mol. The zero-order valence-electron chi connectivity index (χ0n) is 11.2. The van der Waals surface area contributed by atoms with Crippen LogP contribution >= 0.6 is 0 Å². The molecule has 0 aliphatic rings. The Bertz CT molecular complexity index is 482. The molecule has 0 saturated carbocycles. The second-order valence-electron chi connectivity index (χ2n) is 4.35. The Balaban J connectivity index is 2.71. The molecule has 1 aromatic heterocycles. The third-order valence-corrected chi connectivity index (χ3v) is 3.51. The van der Waals surface area contributed by atoms with Gasteiger partial charge in [-0.25, -0.2) is 9.13 Å². The van der Waals surface area contributed by atoms with Gasteiger partial charge in [0.2, 0.25) is 0 Å². The van der Waals surface area contributed by atoms with Crippen LogP contribution in [0.5, 0.6) is 0 Å². The molecular formula is C15H21N2+. The number of hydrogen-bond acceptors (Lipinski definition) is 0. The van der Waals surface area contributed by atoms with E-state index in [9.17, 15) is 0 Å². The summed E-state index contributed by atoms with van der Waals surface area (Å²) >= 11 is 0. The van der Waals surface area contributed by atoms with Crippen molar-refractivity contribution in [2.45, 2.75) is 40.8 Å². The van der Waals surface area contributed by atoms with Gasteiger partial charge in [0.15, 0.2) is 0 Å². The maximum Gasteiger partial charge on any atom is 0.289 e. The molecule has 2 heteroatoms. The third-order valence-electron chi connectivity index (χ3n) is 3.51. The van der Waals surface area contributed by atoms with E-state index >= 15 is 0 Å². The molecule has 0 spiro atoms. The van der Waals surface area contributed by atoms with Crippen LogP contribution in [0.1, 0.15) is 25.2 Å². The number of rotatable bonds is 3. The van der Waals surface area contributed by atoms with E-state index in [-0.39, 0.29) is 0 Å². The normalized spacial score (nSPS) is 10.8. The topological polar surface area (TPSA) is 8.81 Å². The highest BCUT2D eigenvalue weighted by molar-refractivity contribution is 5.53. The van der Waals surface area contributed by atoms with E-state index < -0.39 is 0 Å². The monoisotopic (exact) mass is 229 g/mol. The quantitative estimate of drug-likeness (QED) is 0.715. The van der Waals surface area contributed by atoms with E-state index in [1.165, 1.54) is 22.8 Å². The summed E-state index contributed by atoms with van der Waals surface area (Å²) in [6.45, 7) is 10.9. The van der Waals surface area contributed by atoms with Gasteiger partial charge in [0.1, 0.15) is 11.4 Å². The summed E-state index contributed by atoms with van der Waals surface area (Å²) < 4.78 is 4.79. The van der Waals surface area contributed by atoms with Crippen molar-refractivity contribution >= 4 is 0 Å². The second kappa shape index (κ2) is 4.74. The van der Waals surface area contributed by atoms with Crippen molar-refractivity contribution in [2.75, 3.05) is 0 Å². The summed E-state index contributed by atoms with van der Waals surface area (Å²) in [5.41, 5.74) is 4.04. The van der Waals surface area contributed by atoms with Crippen LogP contribution in [0.25, 0.3) is 11.4 Å². The summed E-state index contributed by atoms with van der Waals surface area (Å²) in [6.07, 6.45) is 0. The molecule has 0 unspecified atom stereocenters. The number of hydrogen-bond donors (Lipinski definition) is 0. The first-order valence-corrected chi connectivity index (χ1v) is 6.35. The molecule has 0 saturated heterocycles. The SMILES string of the molecule is CCn1c(C)c(C)[n+](CC)c1-c1ccccc1. The lowest BCUT2D eigenvalue weighted by Gasteiger charge is -2.02. The smallest absolute Gasteiger partial charge is 0.227 e. The number of imidazole rings is 1. The second-order valence-corrected chi connectivity index (χ2v) is 4.35. The van der Waals surface area contributed by atoms with Crippen molar-refractivity contribution in [3.63, 3.8) is 0 Å². The van der Waals surface area contributed by atoms with E-state index in [0.29, 0.717) is 0 Å². The molecule has 0 N–H and O–H groups in total. The lowest BCUT2D eigenvalue weighted by Crippen LogP contribution is -2.36. The first kappa shape index (κ1) is 11.9. The van der Waals surface area contributed by atoms with E-state index in [4.69, 9.17) is 0 Å². The highest BCUT2D eigenvalue weighted by atomic mass is 15.2. The summed E-state index contributed by atoms with van der Waals surface area (Å²) in [5, 5.41) is 0. The molecule has 2 nitrogen and oxygen atoms in total. The maximum absolute atomic E-state index is 2.40. The molecule has 0 fully saturated rings. The number of benzene rings is 1. The van der Waals surface area contributed by atoms with Gasteiger partial charge in [0.25, 0.3) is 5.82 Å². The first-order valence-electron chi connectivity index (χ1n) is 6.35. The van der Waals surface area contributed by atoms with Crippen LogP contribution in [0.15, 0.2) is 30.3 Å². The van der Waals surface area contributed by atoms with Crippen LogP contribution in [0.2, 0.25) is 0 Å². The molecule has 2 aromatic rings. The van der Waals surface area contributed by atoms with Gasteiger partial charge in [-0.1, -0.05) is 18.2 Å². The molecule has 0 aliphatic heterocycles. The molecule has 0 radical (unpaired) electrons. The Morgan fingerprint density at radius 2 is 1.71 bits per heavy atom. The Labute approximate surface area is 104 Å². The van der Waals surface area contributed by atoms with Crippen molar-refractivity contribution in [3.05, 3.63) is 41.7 Å². The third kappa shape index (κ3) is 1.88. The summed E-state index contributed by atoms with van der Waals surface area (Å²) in [4.78, 5) is 0. The van der Waals surface area contributed by atoms with Gasteiger partial charge < -0.3 is 0 Å². The van der Waals surface area contributed by atoms with Crippen molar-refractivity contribution in [1.82, 2.24) is 4.57 Å². The molecule has 2 rings (SSSR count). The van der Waals surface area contributed by atoms with Gasteiger partial charge in [-0.3, -0.25) is 0 Å². The van der Waals surface area contributed by atoms with Gasteiger partial charge in [-0.15, -0.1) is 0 Å². The zero-order chi connectivity index (χ0) is 12.4. The fraction of sp³-hybridized carbons (Fsp3) is 0.400. The average molecular weight is 229 g/mol. The van der Waals surface area contributed by atoms with Crippen LogP contribution < -0.4 is 4.57 Å². The Morgan fingerprint density at radius 3 is 2.24 bits per heavy atom. The van der Waals surface area contributed by atoms with E-state index in [1.807, 2.05) is 0 Å². The molecule has 17 heavy (non-hydrogen) atoms. The van der Waals surface area contributed by atoms with Crippen molar-refractivity contribution < 1.29 is 4.57 Å². The average Bonchev–Trinajstić information content (AvgIpc) is 2.62.